The Hall–Kier alpha value is -1.08. The Morgan fingerprint density at radius 1 is 1.35 bits per heavy atom. The van der Waals surface area contributed by atoms with E-state index in [9.17, 15) is 0 Å². The molecule has 1 aromatic rings. The second-order valence-electron chi connectivity index (χ2n) is 4.15. The van der Waals surface area contributed by atoms with Gasteiger partial charge in [-0.25, -0.2) is 4.99 Å². The number of halogens is 1. The lowest BCUT2D eigenvalue weighted by Gasteiger charge is -2.19. The van der Waals surface area contributed by atoms with Gasteiger partial charge in [0.15, 0.2) is 5.84 Å². The summed E-state index contributed by atoms with van der Waals surface area (Å²) in [5.41, 5.74) is 1.82. The van der Waals surface area contributed by atoms with Crippen LogP contribution in [-0.4, -0.2) is 29.9 Å². The molecule has 0 bridgehead atoms. The smallest absolute Gasteiger partial charge is 0.157 e. The van der Waals surface area contributed by atoms with Crippen molar-refractivity contribution in [3.05, 3.63) is 51.8 Å². The van der Waals surface area contributed by atoms with Crippen molar-refractivity contribution in [2.45, 2.75) is 11.8 Å². The molecule has 0 saturated carbocycles. The van der Waals surface area contributed by atoms with Crippen molar-refractivity contribution >= 4 is 46.4 Å². The molecule has 5 heteroatoms. The monoisotopic (exact) mass is 397 g/mol. The molecule has 0 atom stereocenters. The predicted molar refractivity (Wildman–Crippen MR) is 96.9 cm³/mol. The minimum absolute atomic E-state index is 0.735. The molecule has 0 radical (unpaired) electrons. The fourth-order valence-corrected chi connectivity index (χ4v) is 3.09. The molecule has 20 heavy (non-hydrogen) atoms. The lowest BCUT2D eigenvalue weighted by atomic mass is 10.2. The van der Waals surface area contributed by atoms with Gasteiger partial charge in [0, 0.05) is 21.1 Å². The van der Waals surface area contributed by atoms with Crippen molar-refractivity contribution in [3.63, 3.8) is 0 Å². The highest BCUT2D eigenvalue weighted by atomic mass is 127. The van der Waals surface area contributed by atoms with E-state index in [0.717, 1.165) is 26.4 Å². The third kappa shape index (κ3) is 3.73. The van der Waals surface area contributed by atoms with Crippen LogP contribution >= 0.6 is 34.4 Å². The summed E-state index contributed by atoms with van der Waals surface area (Å²) in [7, 11) is 1.91. The first-order valence-corrected chi connectivity index (χ1v) is 8.33. The van der Waals surface area contributed by atoms with Gasteiger partial charge in [0.05, 0.1) is 11.9 Å². The zero-order chi connectivity index (χ0) is 14.5. The highest BCUT2D eigenvalue weighted by Gasteiger charge is 2.14. The molecule has 0 aromatic heterocycles. The predicted octanol–water partition coefficient (Wildman–Crippen LogP) is 4.31. The molecule has 0 saturated heterocycles. The number of amidine groups is 1. The average molecular weight is 397 g/mol. The molecule has 3 nitrogen and oxygen atoms in total. The number of allylic oxidation sites excluding steroid dienone is 2. The maximum absolute atomic E-state index is 4.62. The maximum Gasteiger partial charge on any atom is 0.157 e. The first-order valence-electron chi connectivity index (χ1n) is 6.26. The molecule has 0 amide bonds. The van der Waals surface area contributed by atoms with Crippen LogP contribution in [0.1, 0.15) is 12.5 Å². The Bertz CT molecular complexity index is 605. The molecule has 0 N–H and O–H groups in total. The second-order valence-corrected chi connectivity index (χ2v) is 6.70. The van der Waals surface area contributed by atoms with E-state index in [2.05, 4.69) is 58.3 Å². The summed E-state index contributed by atoms with van der Waals surface area (Å²) in [6.45, 7) is 6.13. The van der Waals surface area contributed by atoms with Gasteiger partial charge in [-0.05, 0) is 40.5 Å². The van der Waals surface area contributed by atoms with Gasteiger partial charge in [0.2, 0.25) is 0 Å². The summed E-state index contributed by atoms with van der Waals surface area (Å²) in [4.78, 5) is 5.83. The van der Waals surface area contributed by atoms with E-state index in [0.29, 0.717) is 0 Å². The van der Waals surface area contributed by atoms with Crippen LogP contribution in [0.15, 0.2) is 61.2 Å². The quantitative estimate of drug-likeness (QED) is 0.562. The lowest BCUT2D eigenvalue weighted by molar-refractivity contribution is 0.546. The highest BCUT2D eigenvalue weighted by molar-refractivity contribution is 14.1. The van der Waals surface area contributed by atoms with E-state index in [1.807, 2.05) is 31.5 Å². The molecule has 1 aliphatic heterocycles. The molecule has 2 rings (SSSR count). The van der Waals surface area contributed by atoms with Gasteiger partial charge in [-0.1, -0.05) is 31.7 Å². The summed E-state index contributed by atoms with van der Waals surface area (Å²) in [6, 6.07) is 8.26. The maximum atomic E-state index is 4.62. The van der Waals surface area contributed by atoms with Gasteiger partial charge in [-0.15, -0.1) is 11.8 Å². The van der Waals surface area contributed by atoms with Gasteiger partial charge >= 0.3 is 0 Å². The van der Waals surface area contributed by atoms with Crippen molar-refractivity contribution in [1.82, 2.24) is 5.01 Å². The molecule has 1 aliphatic rings. The van der Waals surface area contributed by atoms with Crippen molar-refractivity contribution < 1.29 is 0 Å². The average Bonchev–Trinajstić information content (AvgIpc) is 2.42. The zero-order valence-corrected chi connectivity index (χ0v) is 14.5. The Kier molecular flexibility index (Phi) is 5.42. The molecular weight excluding hydrogens is 381 g/mol. The zero-order valence-electron chi connectivity index (χ0n) is 11.5. The van der Waals surface area contributed by atoms with Crippen LogP contribution in [0, 0.1) is 0 Å². The van der Waals surface area contributed by atoms with E-state index in [1.165, 1.54) is 4.90 Å². The fourth-order valence-electron chi connectivity index (χ4n) is 1.80. The summed E-state index contributed by atoms with van der Waals surface area (Å²) < 4.78 is 1.01. The highest BCUT2D eigenvalue weighted by Crippen LogP contribution is 2.25. The number of nitrogens with zero attached hydrogens (tertiary/aromatic N) is 3. The summed E-state index contributed by atoms with van der Waals surface area (Å²) in [5, 5.41) is 6.21. The SMILES string of the molecule is C=C1/C=C(I)\C=N/N(C)C(c2ccccc2SCC)=N1. The van der Waals surface area contributed by atoms with Crippen LogP contribution in [0.5, 0.6) is 0 Å². The number of aliphatic imine (C=N–C) groups is 1. The van der Waals surface area contributed by atoms with E-state index >= 15 is 0 Å². The number of hydrazone groups is 1. The van der Waals surface area contributed by atoms with Crippen molar-refractivity contribution in [3.8, 4) is 0 Å². The molecule has 0 spiro atoms. The van der Waals surface area contributed by atoms with E-state index in [-0.39, 0.29) is 0 Å². The van der Waals surface area contributed by atoms with Crippen LogP contribution in [-0.2, 0) is 0 Å². The van der Waals surface area contributed by atoms with Crippen LogP contribution in [0.2, 0.25) is 0 Å². The molecule has 1 heterocycles. The molecule has 0 fully saturated rings. The molecule has 1 aromatic carbocycles. The van der Waals surface area contributed by atoms with Crippen molar-refractivity contribution in [2.24, 2.45) is 10.1 Å². The molecular formula is C15H16IN3S. The molecule has 104 valence electrons. The Labute approximate surface area is 137 Å². The fraction of sp³-hybridized carbons (Fsp3) is 0.200. The minimum atomic E-state index is 0.735. The van der Waals surface area contributed by atoms with Gasteiger partial charge in [-0.3, -0.25) is 5.01 Å². The summed E-state index contributed by atoms with van der Waals surface area (Å²) in [6.07, 6.45) is 3.74. The normalized spacial score (nSPS) is 19.8. The summed E-state index contributed by atoms with van der Waals surface area (Å²) >= 11 is 4.02. The third-order valence-corrected chi connectivity index (χ3v) is 4.19. The lowest BCUT2D eigenvalue weighted by Crippen LogP contribution is -2.24. The largest absolute Gasteiger partial charge is 0.250 e. The van der Waals surface area contributed by atoms with Gasteiger partial charge in [-0.2, -0.15) is 5.10 Å². The Morgan fingerprint density at radius 3 is 2.85 bits per heavy atom. The van der Waals surface area contributed by atoms with Gasteiger partial charge in [0.1, 0.15) is 0 Å². The number of hydrogen-bond acceptors (Lipinski definition) is 4. The van der Waals surface area contributed by atoms with Gasteiger partial charge in [0.25, 0.3) is 0 Å². The summed E-state index contributed by atoms with van der Waals surface area (Å²) in [5.74, 6) is 1.85. The second kappa shape index (κ2) is 7.08. The van der Waals surface area contributed by atoms with Crippen LogP contribution in [0.25, 0.3) is 0 Å². The van der Waals surface area contributed by atoms with E-state index in [1.54, 1.807) is 16.8 Å². The van der Waals surface area contributed by atoms with E-state index in [4.69, 9.17) is 0 Å². The topological polar surface area (TPSA) is 28.0 Å². The van der Waals surface area contributed by atoms with Crippen molar-refractivity contribution in [2.75, 3.05) is 12.8 Å². The van der Waals surface area contributed by atoms with Gasteiger partial charge < -0.3 is 0 Å². The standard InChI is InChI=1S/C15H16IN3S/c1-4-20-14-8-6-5-7-13(14)15-18-11(2)9-12(16)10-17-19(15)3/h5-10H,2,4H2,1,3H3/b12-9+,17-10-,18-15?. The van der Waals surface area contributed by atoms with Crippen LogP contribution < -0.4 is 0 Å². The number of benzene rings is 1. The molecule has 0 aliphatic carbocycles. The molecule has 0 unspecified atom stereocenters. The third-order valence-electron chi connectivity index (χ3n) is 2.64. The first kappa shape index (κ1) is 15.3. The number of thioether (sulfide) groups is 1. The minimum Gasteiger partial charge on any atom is -0.250 e. The number of hydrogen-bond donors (Lipinski definition) is 0. The number of rotatable bonds is 3. The Balaban J connectivity index is 2.50. The van der Waals surface area contributed by atoms with Crippen LogP contribution in [0.3, 0.4) is 0 Å². The first-order chi connectivity index (χ1) is 9.61. The Morgan fingerprint density at radius 2 is 2.10 bits per heavy atom. The van der Waals surface area contributed by atoms with Crippen LogP contribution in [0.4, 0.5) is 0 Å². The van der Waals surface area contributed by atoms with E-state index < -0.39 is 0 Å². The van der Waals surface area contributed by atoms with Crippen molar-refractivity contribution in [1.29, 1.82) is 0 Å².